The second-order valence-corrected chi connectivity index (χ2v) is 4.41. The molecule has 0 spiro atoms. The first-order chi connectivity index (χ1) is 9.15. The summed E-state index contributed by atoms with van der Waals surface area (Å²) in [6, 6.07) is 5.32. The average Bonchev–Trinajstić information content (AvgIpc) is 2.99. The van der Waals surface area contributed by atoms with Crippen molar-refractivity contribution in [3.05, 3.63) is 41.3 Å². The Morgan fingerprint density at radius 1 is 1.32 bits per heavy atom. The van der Waals surface area contributed by atoms with Crippen molar-refractivity contribution < 1.29 is 4.79 Å². The first kappa shape index (κ1) is 11.5. The summed E-state index contributed by atoms with van der Waals surface area (Å²) in [7, 11) is 0. The molecular formula is C13H13N5O. The van der Waals surface area contributed by atoms with Gasteiger partial charge in [-0.1, -0.05) is 0 Å². The van der Waals surface area contributed by atoms with Gasteiger partial charge in [0.15, 0.2) is 5.82 Å². The summed E-state index contributed by atoms with van der Waals surface area (Å²) in [6.07, 6.45) is 1.60. The van der Waals surface area contributed by atoms with E-state index in [1.807, 2.05) is 19.9 Å². The maximum atomic E-state index is 12.1. The number of aromatic nitrogens is 4. The fraction of sp³-hybridized carbons (Fsp3) is 0.154. The van der Waals surface area contributed by atoms with Crippen molar-refractivity contribution in [3.63, 3.8) is 0 Å². The second kappa shape index (κ2) is 4.24. The van der Waals surface area contributed by atoms with Crippen LogP contribution >= 0.6 is 0 Å². The van der Waals surface area contributed by atoms with Gasteiger partial charge in [0.05, 0.1) is 17.4 Å². The number of aromatic amines is 2. The fourth-order valence-corrected chi connectivity index (χ4v) is 1.86. The van der Waals surface area contributed by atoms with Gasteiger partial charge >= 0.3 is 0 Å². The molecule has 1 aromatic carbocycles. The summed E-state index contributed by atoms with van der Waals surface area (Å²) in [6.45, 7) is 3.82. The van der Waals surface area contributed by atoms with Crippen LogP contribution in [0.3, 0.4) is 0 Å². The van der Waals surface area contributed by atoms with Crippen molar-refractivity contribution in [2.24, 2.45) is 0 Å². The molecule has 0 fully saturated rings. The number of anilines is 1. The average molecular weight is 255 g/mol. The van der Waals surface area contributed by atoms with Crippen LogP contribution in [0.5, 0.6) is 0 Å². The Morgan fingerprint density at radius 2 is 2.16 bits per heavy atom. The molecule has 0 unspecified atom stereocenters. The van der Waals surface area contributed by atoms with Crippen molar-refractivity contribution in [1.29, 1.82) is 0 Å². The Morgan fingerprint density at radius 3 is 2.89 bits per heavy atom. The first-order valence-corrected chi connectivity index (χ1v) is 5.91. The number of aryl methyl sites for hydroxylation is 1. The predicted octanol–water partition coefficient (Wildman–Crippen LogP) is 2.16. The van der Waals surface area contributed by atoms with Crippen LogP contribution in [0, 0.1) is 13.8 Å². The zero-order chi connectivity index (χ0) is 13.4. The number of benzene rings is 1. The number of rotatable bonds is 2. The minimum Gasteiger partial charge on any atom is -0.345 e. The van der Waals surface area contributed by atoms with E-state index >= 15 is 0 Å². The van der Waals surface area contributed by atoms with Crippen molar-refractivity contribution >= 4 is 22.8 Å². The second-order valence-electron chi connectivity index (χ2n) is 4.41. The molecule has 0 bridgehead atoms. The SMILES string of the molecule is Cc1[nH]nc(NC(=O)c2ccc3nc[nH]c3c2)c1C. The maximum Gasteiger partial charge on any atom is 0.256 e. The monoisotopic (exact) mass is 255 g/mol. The van der Waals surface area contributed by atoms with Gasteiger partial charge in [-0.15, -0.1) is 0 Å². The van der Waals surface area contributed by atoms with Crippen LogP contribution < -0.4 is 5.32 Å². The highest BCUT2D eigenvalue weighted by Gasteiger charge is 2.12. The Hall–Kier alpha value is -2.63. The Bertz CT molecular complexity index is 755. The highest BCUT2D eigenvalue weighted by molar-refractivity contribution is 6.05. The van der Waals surface area contributed by atoms with Crippen molar-refractivity contribution in [2.45, 2.75) is 13.8 Å². The van der Waals surface area contributed by atoms with E-state index in [0.717, 1.165) is 22.3 Å². The van der Waals surface area contributed by atoms with E-state index in [2.05, 4.69) is 25.5 Å². The lowest BCUT2D eigenvalue weighted by molar-refractivity contribution is 0.102. The lowest BCUT2D eigenvalue weighted by Crippen LogP contribution is -2.12. The third-order valence-corrected chi connectivity index (χ3v) is 3.17. The zero-order valence-electron chi connectivity index (χ0n) is 10.6. The Kier molecular flexibility index (Phi) is 2.56. The lowest BCUT2D eigenvalue weighted by Gasteiger charge is -2.03. The zero-order valence-corrected chi connectivity index (χ0v) is 10.6. The highest BCUT2D eigenvalue weighted by atomic mass is 16.1. The van der Waals surface area contributed by atoms with E-state index in [1.54, 1.807) is 18.5 Å². The Balaban J connectivity index is 1.89. The lowest BCUT2D eigenvalue weighted by atomic mass is 10.2. The van der Waals surface area contributed by atoms with Gasteiger partial charge in [0.25, 0.3) is 5.91 Å². The molecule has 0 aliphatic carbocycles. The molecule has 3 aromatic rings. The van der Waals surface area contributed by atoms with E-state index in [4.69, 9.17) is 0 Å². The number of hydrogen-bond acceptors (Lipinski definition) is 3. The quantitative estimate of drug-likeness (QED) is 0.655. The summed E-state index contributed by atoms with van der Waals surface area (Å²) in [5.41, 5.74) is 4.12. The van der Waals surface area contributed by atoms with Crippen LogP contribution in [0.1, 0.15) is 21.6 Å². The van der Waals surface area contributed by atoms with Crippen LogP contribution in [0.25, 0.3) is 11.0 Å². The first-order valence-electron chi connectivity index (χ1n) is 5.91. The summed E-state index contributed by atoms with van der Waals surface area (Å²) in [5.74, 6) is 0.373. The van der Waals surface area contributed by atoms with E-state index in [0.29, 0.717) is 11.4 Å². The molecule has 0 radical (unpaired) electrons. The van der Waals surface area contributed by atoms with Crippen molar-refractivity contribution in [3.8, 4) is 0 Å². The van der Waals surface area contributed by atoms with Crippen LogP contribution in [0.2, 0.25) is 0 Å². The van der Waals surface area contributed by atoms with Crippen LogP contribution in [-0.4, -0.2) is 26.1 Å². The van der Waals surface area contributed by atoms with Gasteiger partial charge in [-0.2, -0.15) is 5.10 Å². The summed E-state index contributed by atoms with van der Waals surface area (Å²) in [5, 5.41) is 9.68. The molecule has 0 saturated carbocycles. The molecule has 0 atom stereocenters. The van der Waals surface area contributed by atoms with Gasteiger partial charge in [-0.25, -0.2) is 4.98 Å². The minimum atomic E-state index is -0.189. The summed E-state index contributed by atoms with van der Waals surface area (Å²) in [4.78, 5) is 19.2. The topological polar surface area (TPSA) is 86.5 Å². The molecule has 3 N–H and O–H groups in total. The standard InChI is InChI=1S/C13H13N5O/c1-7-8(2)17-18-12(7)16-13(19)9-3-4-10-11(5-9)15-6-14-10/h3-6H,1-2H3,(H,14,15)(H2,16,17,18,19). The number of carbonyl (C=O) groups is 1. The predicted molar refractivity (Wildman–Crippen MR) is 72.1 cm³/mol. The molecule has 0 aliphatic heterocycles. The Labute approximate surface area is 109 Å². The van der Waals surface area contributed by atoms with Crippen molar-refractivity contribution in [2.75, 3.05) is 5.32 Å². The highest BCUT2D eigenvalue weighted by Crippen LogP contribution is 2.16. The third kappa shape index (κ3) is 1.97. The number of carbonyl (C=O) groups excluding carboxylic acids is 1. The fourth-order valence-electron chi connectivity index (χ4n) is 1.86. The van der Waals surface area contributed by atoms with E-state index in [1.165, 1.54) is 0 Å². The van der Waals surface area contributed by atoms with E-state index < -0.39 is 0 Å². The molecule has 96 valence electrons. The van der Waals surface area contributed by atoms with E-state index in [9.17, 15) is 4.79 Å². The number of fused-ring (bicyclic) bond motifs is 1. The number of imidazole rings is 1. The molecule has 3 rings (SSSR count). The molecular weight excluding hydrogens is 242 g/mol. The van der Waals surface area contributed by atoms with Gasteiger partial charge in [0.1, 0.15) is 0 Å². The summed E-state index contributed by atoms with van der Waals surface area (Å²) < 4.78 is 0. The molecule has 0 aliphatic rings. The minimum absolute atomic E-state index is 0.189. The molecule has 6 nitrogen and oxygen atoms in total. The molecule has 0 saturated heterocycles. The molecule has 2 heterocycles. The summed E-state index contributed by atoms with van der Waals surface area (Å²) >= 11 is 0. The third-order valence-electron chi connectivity index (χ3n) is 3.17. The number of H-pyrrole nitrogens is 2. The molecule has 2 aromatic heterocycles. The smallest absolute Gasteiger partial charge is 0.256 e. The number of amides is 1. The largest absolute Gasteiger partial charge is 0.345 e. The number of nitrogens with one attached hydrogen (secondary N) is 3. The van der Waals surface area contributed by atoms with Crippen LogP contribution in [-0.2, 0) is 0 Å². The van der Waals surface area contributed by atoms with Gasteiger partial charge in [0, 0.05) is 16.8 Å². The number of hydrogen-bond donors (Lipinski definition) is 3. The van der Waals surface area contributed by atoms with Crippen molar-refractivity contribution in [1.82, 2.24) is 20.2 Å². The van der Waals surface area contributed by atoms with Gasteiger partial charge < -0.3 is 10.3 Å². The van der Waals surface area contributed by atoms with Crippen LogP contribution in [0.15, 0.2) is 24.5 Å². The van der Waals surface area contributed by atoms with Gasteiger partial charge in [-0.05, 0) is 32.0 Å². The van der Waals surface area contributed by atoms with E-state index in [-0.39, 0.29) is 5.91 Å². The maximum absolute atomic E-state index is 12.1. The van der Waals surface area contributed by atoms with Gasteiger partial charge in [0.2, 0.25) is 0 Å². The number of nitrogens with zero attached hydrogens (tertiary/aromatic N) is 2. The molecule has 6 heteroatoms. The van der Waals surface area contributed by atoms with Crippen LogP contribution in [0.4, 0.5) is 5.82 Å². The normalized spacial score (nSPS) is 10.8. The van der Waals surface area contributed by atoms with Gasteiger partial charge in [-0.3, -0.25) is 9.89 Å². The molecule has 19 heavy (non-hydrogen) atoms. The molecule has 1 amide bonds.